The quantitative estimate of drug-likeness (QED) is 0.688. The minimum absolute atomic E-state index is 0.263. The first-order chi connectivity index (χ1) is 9.28. The molecule has 5 nitrogen and oxygen atoms in total. The maximum Gasteiger partial charge on any atom is 0.185 e. The number of halogens is 1. The highest BCUT2D eigenvalue weighted by molar-refractivity contribution is 6.31. The third-order valence-electron chi connectivity index (χ3n) is 2.63. The van der Waals surface area contributed by atoms with Crippen molar-refractivity contribution in [1.29, 1.82) is 0 Å². The second-order valence-corrected chi connectivity index (χ2v) is 4.26. The van der Waals surface area contributed by atoms with E-state index in [1.165, 1.54) is 6.33 Å². The van der Waals surface area contributed by atoms with Crippen molar-refractivity contribution >= 4 is 17.9 Å². The van der Waals surface area contributed by atoms with Crippen LogP contribution in [0.4, 0.5) is 0 Å². The molecule has 0 saturated heterocycles. The van der Waals surface area contributed by atoms with Gasteiger partial charge >= 0.3 is 0 Å². The van der Waals surface area contributed by atoms with E-state index >= 15 is 0 Å². The van der Waals surface area contributed by atoms with Crippen molar-refractivity contribution in [1.82, 2.24) is 14.8 Å². The highest BCUT2D eigenvalue weighted by Gasteiger charge is 2.12. The average molecular weight is 274 g/mol. The van der Waals surface area contributed by atoms with Gasteiger partial charge in [0.2, 0.25) is 0 Å². The lowest BCUT2D eigenvalue weighted by Crippen LogP contribution is -1.97. The summed E-state index contributed by atoms with van der Waals surface area (Å²) >= 11 is 6.01. The van der Waals surface area contributed by atoms with E-state index in [-0.39, 0.29) is 5.76 Å². The summed E-state index contributed by atoms with van der Waals surface area (Å²) in [6.07, 6.45) is 3.68. The van der Waals surface area contributed by atoms with Crippen molar-refractivity contribution in [2.45, 2.75) is 0 Å². The Morgan fingerprint density at radius 2 is 2.16 bits per heavy atom. The lowest BCUT2D eigenvalue weighted by molar-refractivity contribution is 0.110. The zero-order valence-corrected chi connectivity index (χ0v) is 10.4. The highest BCUT2D eigenvalue weighted by Crippen LogP contribution is 2.30. The Morgan fingerprint density at radius 3 is 2.84 bits per heavy atom. The first-order valence-corrected chi connectivity index (χ1v) is 5.85. The van der Waals surface area contributed by atoms with E-state index in [0.717, 1.165) is 11.3 Å². The Bertz CT molecular complexity index is 719. The summed E-state index contributed by atoms with van der Waals surface area (Å²) in [5.41, 5.74) is 1.51. The number of furan rings is 1. The molecule has 1 aromatic carbocycles. The molecule has 3 rings (SSSR count). The van der Waals surface area contributed by atoms with Crippen LogP contribution in [0, 0.1) is 0 Å². The van der Waals surface area contributed by atoms with E-state index < -0.39 is 0 Å². The molecule has 0 N–H and O–H groups in total. The molecule has 0 atom stereocenters. The van der Waals surface area contributed by atoms with Crippen molar-refractivity contribution in [2.24, 2.45) is 0 Å². The second kappa shape index (κ2) is 4.70. The Morgan fingerprint density at radius 1 is 1.26 bits per heavy atom. The van der Waals surface area contributed by atoms with Gasteiger partial charge < -0.3 is 4.42 Å². The molecule has 6 heteroatoms. The molecule has 3 aromatic rings. The van der Waals surface area contributed by atoms with Gasteiger partial charge in [0.05, 0.1) is 5.69 Å². The van der Waals surface area contributed by atoms with Gasteiger partial charge in [0.25, 0.3) is 0 Å². The van der Waals surface area contributed by atoms with Gasteiger partial charge in [-0.1, -0.05) is 11.6 Å². The number of aldehydes is 1. The molecular weight excluding hydrogens is 266 g/mol. The van der Waals surface area contributed by atoms with Gasteiger partial charge in [-0.15, -0.1) is 0 Å². The smallest absolute Gasteiger partial charge is 0.185 e. The van der Waals surface area contributed by atoms with Crippen LogP contribution < -0.4 is 0 Å². The molecule has 0 aliphatic heterocycles. The van der Waals surface area contributed by atoms with Gasteiger partial charge in [-0.25, -0.2) is 9.67 Å². The molecule has 0 aliphatic carbocycles. The molecule has 0 fully saturated rings. The molecule has 94 valence electrons. The summed E-state index contributed by atoms with van der Waals surface area (Å²) in [5, 5.41) is 4.65. The number of aromatic nitrogens is 3. The van der Waals surface area contributed by atoms with E-state index in [2.05, 4.69) is 10.1 Å². The van der Waals surface area contributed by atoms with Gasteiger partial charge in [0, 0.05) is 10.6 Å². The molecule has 0 spiro atoms. The third-order valence-corrected chi connectivity index (χ3v) is 2.87. The minimum atomic E-state index is 0.263. The maximum absolute atomic E-state index is 10.7. The Hall–Kier alpha value is -2.40. The molecule has 0 bridgehead atoms. The van der Waals surface area contributed by atoms with Crippen LogP contribution in [0.25, 0.3) is 17.0 Å². The van der Waals surface area contributed by atoms with E-state index in [4.69, 9.17) is 16.0 Å². The largest absolute Gasteiger partial charge is 0.453 e. The van der Waals surface area contributed by atoms with Crippen LogP contribution in [-0.2, 0) is 0 Å². The molecule has 19 heavy (non-hydrogen) atoms. The van der Waals surface area contributed by atoms with Crippen molar-refractivity contribution in [3.8, 4) is 17.0 Å². The molecule has 0 unspecified atom stereocenters. The average Bonchev–Trinajstić information content (AvgIpc) is 3.10. The van der Waals surface area contributed by atoms with Gasteiger partial charge in [0.15, 0.2) is 12.0 Å². The number of benzene rings is 1. The fraction of sp³-hybridized carbons (Fsp3) is 0. The molecule has 0 saturated carbocycles. The van der Waals surface area contributed by atoms with Crippen LogP contribution in [0.5, 0.6) is 0 Å². The van der Waals surface area contributed by atoms with Crippen molar-refractivity contribution in [3.63, 3.8) is 0 Å². The fourth-order valence-corrected chi connectivity index (χ4v) is 1.97. The summed E-state index contributed by atoms with van der Waals surface area (Å²) in [6, 6.07) is 8.65. The van der Waals surface area contributed by atoms with Gasteiger partial charge in [0.1, 0.15) is 18.4 Å². The lowest BCUT2D eigenvalue weighted by atomic mass is 10.1. The van der Waals surface area contributed by atoms with Crippen LogP contribution in [-0.4, -0.2) is 21.1 Å². The monoisotopic (exact) mass is 273 g/mol. The summed E-state index contributed by atoms with van der Waals surface area (Å²) in [5.74, 6) is 0.814. The SMILES string of the molecule is O=Cc1ccc(-c2cc(Cl)ccc2-n2cncn2)o1. The van der Waals surface area contributed by atoms with Gasteiger partial charge in [-0.2, -0.15) is 5.10 Å². The summed E-state index contributed by atoms with van der Waals surface area (Å²) in [6.45, 7) is 0. The number of nitrogens with zero attached hydrogens (tertiary/aromatic N) is 3. The summed E-state index contributed by atoms with van der Waals surface area (Å²) in [4.78, 5) is 14.6. The minimum Gasteiger partial charge on any atom is -0.453 e. The molecule has 2 heterocycles. The van der Waals surface area contributed by atoms with E-state index in [1.54, 1.807) is 35.3 Å². The zero-order chi connectivity index (χ0) is 13.2. The second-order valence-electron chi connectivity index (χ2n) is 3.82. The van der Waals surface area contributed by atoms with Crippen molar-refractivity contribution < 1.29 is 9.21 Å². The lowest BCUT2D eigenvalue weighted by Gasteiger charge is -2.07. The van der Waals surface area contributed by atoms with Crippen LogP contribution in [0.15, 0.2) is 47.4 Å². The van der Waals surface area contributed by atoms with Gasteiger partial charge in [-0.3, -0.25) is 4.79 Å². The number of rotatable bonds is 3. The molecule has 0 radical (unpaired) electrons. The highest BCUT2D eigenvalue weighted by atomic mass is 35.5. The number of carbonyl (C=O) groups is 1. The van der Waals surface area contributed by atoms with Gasteiger partial charge in [-0.05, 0) is 30.3 Å². The predicted octanol–water partition coefficient (Wildman–Crippen LogP) is 2.99. The van der Waals surface area contributed by atoms with E-state index in [1.807, 2.05) is 6.07 Å². The summed E-state index contributed by atoms with van der Waals surface area (Å²) in [7, 11) is 0. The Labute approximate surface area is 113 Å². The first kappa shape index (κ1) is 11.7. The van der Waals surface area contributed by atoms with E-state index in [0.29, 0.717) is 17.1 Å². The molecule has 0 amide bonds. The number of hydrogen-bond donors (Lipinski definition) is 0. The standard InChI is InChI=1S/C13H8ClN3O2/c14-9-1-3-12(17-8-15-7-16-17)11(5-9)13-4-2-10(6-18)19-13/h1-8H. The zero-order valence-electron chi connectivity index (χ0n) is 9.65. The van der Waals surface area contributed by atoms with Crippen LogP contribution in [0.3, 0.4) is 0 Å². The van der Waals surface area contributed by atoms with E-state index in [9.17, 15) is 4.79 Å². The molecule has 2 aromatic heterocycles. The Kier molecular flexibility index (Phi) is 2.89. The first-order valence-electron chi connectivity index (χ1n) is 5.48. The fourth-order valence-electron chi connectivity index (χ4n) is 1.80. The third kappa shape index (κ3) is 2.15. The normalized spacial score (nSPS) is 10.6. The maximum atomic E-state index is 10.7. The topological polar surface area (TPSA) is 60.9 Å². The number of carbonyl (C=O) groups excluding carboxylic acids is 1. The summed E-state index contributed by atoms with van der Waals surface area (Å²) < 4.78 is 7.03. The molecule has 0 aliphatic rings. The van der Waals surface area contributed by atoms with Crippen LogP contribution in [0.2, 0.25) is 5.02 Å². The number of hydrogen-bond acceptors (Lipinski definition) is 4. The van der Waals surface area contributed by atoms with Crippen LogP contribution >= 0.6 is 11.6 Å². The molecular formula is C13H8ClN3O2. The van der Waals surface area contributed by atoms with Crippen molar-refractivity contribution in [3.05, 3.63) is 53.8 Å². The predicted molar refractivity (Wildman–Crippen MR) is 69.5 cm³/mol. The van der Waals surface area contributed by atoms with Crippen molar-refractivity contribution in [2.75, 3.05) is 0 Å². The van der Waals surface area contributed by atoms with Crippen LogP contribution in [0.1, 0.15) is 10.6 Å². The Balaban J connectivity index is 2.18.